The molecule has 148 valence electrons. The van der Waals surface area contributed by atoms with Crippen molar-refractivity contribution in [2.75, 3.05) is 30.5 Å². The standard InChI is InChI=1S/C24H24N2O3/c1-29-16-24(28)26-13-5-9-19-14-20(11-12-22(19)26)25-23(27)15-18-8-4-7-17-6-2-3-10-21(17)18/h2-4,6-8,10-12,14H,5,9,13,15-16H2,1H3,(H,25,27). The molecule has 1 aliphatic heterocycles. The Bertz CT molecular complexity index is 1060. The number of methoxy groups -OCH3 is 1. The van der Waals surface area contributed by atoms with Crippen molar-refractivity contribution in [3.8, 4) is 0 Å². The molecule has 0 aromatic heterocycles. The molecule has 0 aliphatic carbocycles. The Morgan fingerprint density at radius 2 is 1.90 bits per heavy atom. The number of ether oxygens (including phenoxy) is 1. The molecule has 1 heterocycles. The summed E-state index contributed by atoms with van der Waals surface area (Å²) < 4.78 is 4.99. The van der Waals surface area contributed by atoms with Crippen LogP contribution in [0.4, 0.5) is 11.4 Å². The third kappa shape index (κ3) is 4.15. The number of nitrogens with zero attached hydrogens (tertiary/aromatic N) is 1. The molecule has 0 atom stereocenters. The summed E-state index contributed by atoms with van der Waals surface area (Å²) in [6.07, 6.45) is 2.10. The van der Waals surface area contributed by atoms with Crippen LogP contribution in [0.25, 0.3) is 10.8 Å². The van der Waals surface area contributed by atoms with Gasteiger partial charge in [0.05, 0.1) is 6.42 Å². The zero-order valence-electron chi connectivity index (χ0n) is 16.5. The van der Waals surface area contributed by atoms with E-state index < -0.39 is 0 Å². The normalized spacial score (nSPS) is 13.2. The quantitative estimate of drug-likeness (QED) is 0.720. The van der Waals surface area contributed by atoms with Crippen LogP contribution in [-0.2, 0) is 27.2 Å². The number of carbonyl (C=O) groups is 2. The molecule has 3 aromatic carbocycles. The lowest BCUT2D eigenvalue weighted by atomic mass is 10.0. The molecule has 0 radical (unpaired) electrons. The van der Waals surface area contributed by atoms with Crippen molar-refractivity contribution in [1.82, 2.24) is 0 Å². The predicted molar refractivity (Wildman–Crippen MR) is 115 cm³/mol. The highest BCUT2D eigenvalue weighted by Gasteiger charge is 2.22. The van der Waals surface area contributed by atoms with E-state index in [1.54, 1.807) is 4.90 Å². The largest absolute Gasteiger partial charge is 0.375 e. The van der Waals surface area contributed by atoms with E-state index in [2.05, 4.69) is 17.4 Å². The average molecular weight is 388 g/mol. The van der Waals surface area contributed by atoms with E-state index in [1.165, 1.54) is 7.11 Å². The summed E-state index contributed by atoms with van der Waals surface area (Å²) in [6, 6.07) is 19.9. The van der Waals surface area contributed by atoms with Gasteiger partial charge < -0.3 is 15.0 Å². The fourth-order valence-corrected chi connectivity index (χ4v) is 3.96. The molecule has 1 aliphatic rings. The van der Waals surface area contributed by atoms with Crippen LogP contribution in [0.15, 0.2) is 60.7 Å². The van der Waals surface area contributed by atoms with Crippen molar-refractivity contribution in [3.63, 3.8) is 0 Å². The molecular weight excluding hydrogens is 364 g/mol. The number of hydrogen-bond acceptors (Lipinski definition) is 3. The lowest BCUT2D eigenvalue weighted by Gasteiger charge is -2.29. The monoisotopic (exact) mass is 388 g/mol. The molecule has 0 bridgehead atoms. The molecule has 0 saturated heterocycles. The average Bonchev–Trinajstić information content (AvgIpc) is 2.73. The minimum atomic E-state index is -0.0515. The maximum absolute atomic E-state index is 12.7. The molecule has 29 heavy (non-hydrogen) atoms. The fraction of sp³-hybridized carbons (Fsp3) is 0.250. The number of benzene rings is 3. The molecule has 1 N–H and O–H groups in total. The number of amides is 2. The minimum absolute atomic E-state index is 0.0406. The van der Waals surface area contributed by atoms with Crippen LogP contribution < -0.4 is 10.2 Å². The second-order valence-corrected chi connectivity index (χ2v) is 7.29. The zero-order chi connectivity index (χ0) is 20.2. The third-order valence-corrected chi connectivity index (χ3v) is 5.28. The Morgan fingerprint density at radius 1 is 1.07 bits per heavy atom. The van der Waals surface area contributed by atoms with Gasteiger partial charge in [0, 0.05) is 25.0 Å². The number of fused-ring (bicyclic) bond motifs is 2. The lowest BCUT2D eigenvalue weighted by molar-refractivity contribution is -0.122. The van der Waals surface area contributed by atoms with E-state index in [4.69, 9.17) is 4.74 Å². The van der Waals surface area contributed by atoms with Gasteiger partial charge in [-0.25, -0.2) is 0 Å². The summed E-state index contributed by atoms with van der Waals surface area (Å²) in [5.41, 5.74) is 3.75. The Balaban J connectivity index is 1.50. The lowest BCUT2D eigenvalue weighted by Crippen LogP contribution is -2.37. The topological polar surface area (TPSA) is 58.6 Å². The summed E-state index contributed by atoms with van der Waals surface area (Å²) in [6.45, 7) is 0.769. The maximum atomic E-state index is 12.7. The summed E-state index contributed by atoms with van der Waals surface area (Å²) in [5.74, 6) is -0.0920. The van der Waals surface area contributed by atoms with E-state index in [1.807, 2.05) is 48.5 Å². The molecular formula is C24H24N2O3. The summed E-state index contributed by atoms with van der Waals surface area (Å²) in [5, 5.41) is 5.24. The van der Waals surface area contributed by atoms with E-state index in [-0.39, 0.29) is 18.4 Å². The summed E-state index contributed by atoms with van der Waals surface area (Å²) in [4.78, 5) is 26.7. The second-order valence-electron chi connectivity index (χ2n) is 7.29. The highest BCUT2D eigenvalue weighted by atomic mass is 16.5. The smallest absolute Gasteiger partial charge is 0.252 e. The van der Waals surface area contributed by atoms with Gasteiger partial charge in [0.1, 0.15) is 6.61 Å². The fourth-order valence-electron chi connectivity index (χ4n) is 3.96. The van der Waals surface area contributed by atoms with Crippen molar-refractivity contribution < 1.29 is 14.3 Å². The number of hydrogen-bond donors (Lipinski definition) is 1. The Hall–Kier alpha value is -3.18. The van der Waals surface area contributed by atoms with Gasteiger partial charge >= 0.3 is 0 Å². The van der Waals surface area contributed by atoms with Crippen LogP contribution in [0.5, 0.6) is 0 Å². The molecule has 3 aromatic rings. The van der Waals surface area contributed by atoms with Crippen molar-refractivity contribution >= 4 is 34.0 Å². The number of carbonyl (C=O) groups excluding carboxylic acids is 2. The van der Waals surface area contributed by atoms with Gasteiger partial charge in [-0.05, 0) is 52.9 Å². The van der Waals surface area contributed by atoms with Gasteiger partial charge in [-0.1, -0.05) is 42.5 Å². The first-order valence-corrected chi connectivity index (χ1v) is 9.84. The van der Waals surface area contributed by atoms with Crippen LogP contribution in [-0.4, -0.2) is 32.1 Å². The van der Waals surface area contributed by atoms with Gasteiger partial charge in [-0.3, -0.25) is 9.59 Å². The summed E-state index contributed by atoms with van der Waals surface area (Å²) >= 11 is 0. The number of anilines is 2. The highest BCUT2D eigenvalue weighted by molar-refractivity contribution is 5.98. The van der Waals surface area contributed by atoms with E-state index >= 15 is 0 Å². The van der Waals surface area contributed by atoms with Gasteiger partial charge in [0.25, 0.3) is 5.91 Å². The Morgan fingerprint density at radius 3 is 2.76 bits per heavy atom. The van der Waals surface area contributed by atoms with E-state index in [0.717, 1.165) is 46.1 Å². The highest BCUT2D eigenvalue weighted by Crippen LogP contribution is 2.30. The Labute approximate surface area is 170 Å². The second kappa shape index (κ2) is 8.45. The SMILES string of the molecule is COCC(=O)N1CCCc2cc(NC(=O)Cc3cccc4ccccc34)ccc21. The maximum Gasteiger partial charge on any atom is 0.252 e. The van der Waals surface area contributed by atoms with Crippen LogP contribution in [0, 0.1) is 0 Å². The Kier molecular flexibility index (Phi) is 5.58. The summed E-state index contributed by atoms with van der Waals surface area (Å²) in [7, 11) is 1.53. The first-order chi connectivity index (χ1) is 14.2. The first-order valence-electron chi connectivity index (χ1n) is 9.84. The van der Waals surface area contributed by atoms with Crippen LogP contribution in [0.3, 0.4) is 0 Å². The van der Waals surface area contributed by atoms with Crippen molar-refractivity contribution in [1.29, 1.82) is 0 Å². The molecule has 5 heteroatoms. The van der Waals surface area contributed by atoms with Gasteiger partial charge in [0.2, 0.25) is 5.91 Å². The van der Waals surface area contributed by atoms with E-state index in [0.29, 0.717) is 13.0 Å². The van der Waals surface area contributed by atoms with Gasteiger partial charge in [0.15, 0.2) is 0 Å². The van der Waals surface area contributed by atoms with Crippen LogP contribution in [0.1, 0.15) is 17.5 Å². The van der Waals surface area contributed by atoms with Crippen LogP contribution >= 0.6 is 0 Å². The predicted octanol–water partition coefficient (Wildman–Crippen LogP) is 3.95. The molecule has 0 spiro atoms. The number of rotatable bonds is 5. The van der Waals surface area contributed by atoms with Crippen molar-refractivity contribution in [3.05, 3.63) is 71.8 Å². The minimum Gasteiger partial charge on any atom is -0.375 e. The first kappa shape index (κ1) is 19.2. The molecule has 0 saturated carbocycles. The van der Waals surface area contributed by atoms with Gasteiger partial charge in [-0.2, -0.15) is 0 Å². The third-order valence-electron chi connectivity index (χ3n) is 5.28. The zero-order valence-corrected chi connectivity index (χ0v) is 16.5. The number of nitrogens with one attached hydrogen (secondary N) is 1. The molecule has 2 amide bonds. The molecule has 4 rings (SSSR count). The molecule has 0 fully saturated rings. The molecule has 0 unspecified atom stereocenters. The van der Waals surface area contributed by atoms with Crippen LogP contribution in [0.2, 0.25) is 0 Å². The van der Waals surface area contributed by atoms with Crippen molar-refractivity contribution in [2.24, 2.45) is 0 Å². The molecule has 5 nitrogen and oxygen atoms in total. The van der Waals surface area contributed by atoms with E-state index in [9.17, 15) is 9.59 Å². The van der Waals surface area contributed by atoms with Gasteiger partial charge in [-0.15, -0.1) is 0 Å². The number of aryl methyl sites for hydroxylation is 1. The van der Waals surface area contributed by atoms with Crippen molar-refractivity contribution in [2.45, 2.75) is 19.3 Å².